The summed E-state index contributed by atoms with van der Waals surface area (Å²) in [6, 6.07) is 12.9. The Labute approximate surface area is 180 Å². The number of hydrogen-bond acceptors (Lipinski definition) is 7. The molecule has 0 atom stereocenters. The molecule has 0 bridgehead atoms. The number of nitrogens with one attached hydrogen (secondary N) is 2. The van der Waals surface area contributed by atoms with Gasteiger partial charge in [0, 0.05) is 30.7 Å². The second-order valence-electron chi connectivity index (χ2n) is 6.88. The van der Waals surface area contributed by atoms with Crippen molar-refractivity contribution in [3.8, 4) is 0 Å². The lowest BCUT2D eigenvalue weighted by molar-refractivity contribution is 0.102. The van der Waals surface area contributed by atoms with Gasteiger partial charge in [0.1, 0.15) is 11.5 Å². The van der Waals surface area contributed by atoms with Crippen molar-refractivity contribution in [2.45, 2.75) is 11.4 Å². The third kappa shape index (κ3) is 5.29. The molecule has 2 N–H and O–H groups in total. The van der Waals surface area contributed by atoms with Crippen LogP contribution < -0.4 is 14.9 Å². The van der Waals surface area contributed by atoms with Crippen molar-refractivity contribution in [3.63, 3.8) is 0 Å². The fraction of sp³-hybridized carbons (Fsp3) is 0.238. The fourth-order valence-corrected chi connectivity index (χ4v) is 4.13. The van der Waals surface area contributed by atoms with Gasteiger partial charge in [-0.1, -0.05) is 0 Å². The van der Waals surface area contributed by atoms with Gasteiger partial charge in [-0.05, 0) is 48.5 Å². The predicted molar refractivity (Wildman–Crippen MR) is 114 cm³/mol. The summed E-state index contributed by atoms with van der Waals surface area (Å²) < 4.78 is 37.8. The molecule has 1 amide bonds. The zero-order chi connectivity index (χ0) is 21.7. The van der Waals surface area contributed by atoms with Crippen LogP contribution in [-0.2, 0) is 21.3 Å². The largest absolute Gasteiger partial charge is 0.468 e. The SMILES string of the molecule is O=C(Nc1ccc(S(=O)(=O)NCc2ccco2)cc1)c1cc(N2CCOCC2)ccn1. The number of morpholine rings is 1. The summed E-state index contributed by atoms with van der Waals surface area (Å²) in [4.78, 5) is 19.0. The van der Waals surface area contributed by atoms with Crippen molar-refractivity contribution in [2.75, 3.05) is 36.5 Å². The normalized spacial score (nSPS) is 14.4. The number of benzene rings is 1. The van der Waals surface area contributed by atoms with Gasteiger partial charge in [0.05, 0.1) is 30.9 Å². The summed E-state index contributed by atoms with van der Waals surface area (Å²) in [6.07, 6.45) is 3.08. The average Bonchev–Trinajstić information content (AvgIpc) is 3.33. The van der Waals surface area contributed by atoms with Crippen molar-refractivity contribution in [2.24, 2.45) is 0 Å². The molecule has 0 saturated carbocycles. The Kier molecular flexibility index (Phi) is 6.31. The molecular weight excluding hydrogens is 420 g/mol. The molecule has 10 heteroatoms. The van der Waals surface area contributed by atoms with Crippen molar-refractivity contribution in [1.29, 1.82) is 0 Å². The van der Waals surface area contributed by atoms with E-state index in [-0.39, 0.29) is 23.0 Å². The molecule has 0 radical (unpaired) electrons. The summed E-state index contributed by atoms with van der Waals surface area (Å²) in [5.41, 5.74) is 1.65. The van der Waals surface area contributed by atoms with Gasteiger partial charge in [0.15, 0.2) is 0 Å². The summed E-state index contributed by atoms with van der Waals surface area (Å²) in [5.74, 6) is 0.140. The molecule has 31 heavy (non-hydrogen) atoms. The number of carbonyl (C=O) groups is 1. The minimum absolute atomic E-state index is 0.0545. The Balaban J connectivity index is 1.40. The standard InChI is InChI=1S/C21H22N4O5S/c26-21(20-14-17(7-8-22-20)25-9-12-29-13-10-25)24-16-3-5-19(6-4-16)31(27,28)23-15-18-2-1-11-30-18/h1-8,11,14,23H,9-10,12-13,15H2,(H,24,26). The molecule has 0 unspecified atom stereocenters. The van der Waals surface area contributed by atoms with Crippen LogP contribution >= 0.6 is 0 Å². The van der Waals surface area contributed by atoms with Gasteiger partial charge in [-0.3, -0.25) is 9.78 Å². The van der Waals surface area contributed by atoms with Gasteiger partial charge in [-0.2, -0.15) is 0 Å². The maximum atomic E-state index is 12.6. The molecule has 0 aliphatic carbocycles. The first-order valence-corrected chi connectivity index (χ1v) is 11.2. The smallest absolute Gasteiger partial charge is 0.274 e. The number of hydrogen-bond donors (Lipinski definition) is 2. The summed E-state index contributed by atoms with van der Waals surface area (Å²) >= 11 is 0. The zero-order valence-electron chi connectivity index (χ0n) is 16.7. The number of ether oxygens (including phenoxy) is 1. The number of sulfonamides is 1. The molecule has 9 nitrogen and oxygen atoms in total. The Bertz CT molecular complexity index is 1120. The van der Waals surface area contributed by atoms with Crippen molar-refractivity contribution in [1.82, 2.24) is 9.71 Å². The van der Waals surface area contributed by atoms with Gasteiger partial charge in [-0.15, -0.1) is 0 Å². The van der Waals surface area contributed by atoms with Crippen LogP contribution in [0.25, 0.3) is 0 Å². The predicted octanol–water partition coefficient (Wildman–Crippen LogP) is 2.24. The Morgan fingerprint density at radius 2 is 1.87 bits per heavy atom. The molecule has 1 saturated heterocycles. The van der Waals surface area contributed by atoms with Crippen LogP contribution in [0.5, 0.6) is 0 Å². The van der Waals surface area contributed by atoms with E-state index in [1.165, 1.54) is 30.5 Å². The number of pyridine rings is 1. The van der Waals surface area contributed by atoms with E-state index in [0.29, 0.717) is 24.7 Å². The Morgan fingerprint density at radius 3 is 2.58 bits per heavy atom. The fourth-order valence-electron chi connectivity index (χ4n) is 3.14. The van der Waals surface area contributed by atoms with Crippen LogP contribution in [0.3, 0.4) is 0 Å². The molecule has 3 heterocycles. The van der Waals surface area contributed by atoms with Gasteiger partial charge in [0.25, 0.3) is 5.91 Å². The van der Waals surface area contributed by atoms with Crippen LogP contribution in [0.4, 0.5) is 11.4 Å². The van der Waals surface area contributed by atoms with E-state index in [1.807, 2.05) is 6.07 Å². The van der Waals surface area contributed by atoms with Crippen LogP contribution in [-0.4, -0.2) is 45.6 Å². The van der Waals surface area contributed by atoms with E-state index in [2.05, 4.69) is 19.9 Å². The number of anilines is 2. The molecule has 4 rings (SSSR count). The van der Waals surface area contributed by atoms with Crippen LogP contribution in [0.1, 0.15) is 16.2 Å². The van der Waals surface area contributed by atoms with E-state index in [4.69, 9.17) is 9.15 Å². The average molecular weight is 442 g/mol. The van der Waals surface area contributed by atoms with Gasteiger partial charge >= 0.3 is 0 Å². The van der Waals surface area contributed by atoms with Crippen LogP contribution in [0.15, 0.2) is 70.3 Å². The zero-order valence-corrected chi connectivity index (χ0v) is 17.5. The molecule has 1 fully saturated rings. The Morgan fingerprint density at radius 1 is 1.10 bits per heavy atom. The molecular formula is C21H22N4O5S. The maximum Gasteiger partial charge on any atom is 0.274 e. The van der Waals surface area contributed by atoms with E-state index in [1.54, 1.807) is 24.4 Å². The van der Waals surface area contributed by atoms with E-state index in [9.17, 15) is 13.2 Å². The number of rotatable bonds is 7. The molecule has 2 aromatic heterocycles. The van der Waals surface area contributed by atoms with Gasteiger partial charge < -0.3 is 19.4 Å². The molecule has 3 aromatic rings. The minimum Gasteiger partial charge on any atom is -0.468 e. The lowest BCUT2D eigenvalue weighted by Crippen LogP contribution is -2.36. The second-order valence-corrected chi connectivity index (χ2v) is 8.65. The van der Waals surface area contributed by atoms with Gasteiger partial charge in [-0.25, -0.2) is 13.1 Å². The van der Waals surface area contributed by atoms with Crippen LogP contribution in [0, 0.1) is 0 Å². The first-order chi connectivity index (χ1) is 15.0. The summed E-state index contributed by atoms with van der Waals surface area (Å²) in [6.45, 7) is 2.87. The lowest BCUT2D eigenvalue weighted by Gasteiger charge is -2.28. The van der Waals surface area contributed by atoms with Crippen LogP contribution in [0.2, 0.25) is 0 Å². The highest BCUT2D eigenvalue weighted by molar-refractivity contribution is 7.89. The number of aromatic nitrogens is 1. The molecule has 0 spiro atoms. The topological polar surface area (TPSA) is 114 Å². The molecule has 1 aromatic carbocycles. The quantitative estimate of drug-likeness (QED) is 0.577. The number of furan rings is 1. The second kappa shape index (κ2) is 9.29. The van der Waals surface area contributed by atoms with Crippen molar-refractivity contribution < 1.29 is 22.4 Å². The van der Waals surface area contributed by atoms with E-state index >= 15 is 0 Å². The monoisotopic (exact) mass is 442 g/mol. The third-order valence-electron chi connectivity index (χ3n) is 4.79. The molecule has 1 aliphatic rings. The first-order valence-electron chi connectivity index (χ1n) is 9.73. The first kappa shape index (κ1) is 21.0. The molecule has 162 valence electrons. The Hall–Kier alpha value is -3.21. The lowest BCUT2D eigenvalue weighted by atomic mass is 10.2. The maximum absolute atomic E-state index is 12.6. The number of nitrogens with zero attached hydrogens (tertiary/aromatic N) is 2. The molecule has 1 aliphatic heterocycles. The highest BCUT2D eigenvalue weighted by Crippen LogP contribution is 2.18. The van der Waals surface area contributed by atoms with Crippen molar-refractivity contribution in [3.05, 3.63) is 72.4 Å². The minimum atomic E-state index is -3.70. The van der Waals surface area contributed by atoms with E-state index < -0.39 is 10.0 Å². The number of carbonyl (C=O) groups excluding carboxylic acids is 1. The third-order valence-corrected chi connectivity index (χ3v) is 6.21. The van der Waals surface area contributed by atoms with E-state index in [0.717, 1.165) is 18.8 Å². The highest BCUT2D eigenvalue weighted by atomic mass is 32.2. The van der Waals surface area contributed by atoms with Crippen molar-refractivity contribution >= 4 is 27.3 Å². The highest BCUT2D eigenvalue weighted by Gasteiger charge is 2.16. The summed E-state index contributed by atoms with van der Waals surface area (Å²) in [7, 11) is -3.70. The summed E-state index contributed by atoms with van der Waals surface area (Å²) in [5, 5.41) is 2.75. The number of amides is 1. The van der Waals surface area contributed by atoms with Gasteiger partial charge in [0.2, 0.25) is 10.0 Å².